The number of amides is 2. The number of urea groups is 1. The lowest BCUT2D eigenvalue weighted by Gasteiger charge is -2.17. The van der Waals surface area contributed by atoms with Crippen molar-refractivity contribution in [3.63, 3.8) is 0 Å². The van der Waals surface area contributed by atoms with Crippen molar-refractivity contribution in [3.8, 4) is 11.1 Å². The number of aromatic nitrogens is 2. The standard InChI is InChI=1S/C24H27F2N5O.ClH/c1-14-17(9-15-13-28-23(27-2)12-21(15)29-14)18-10-22(20(26)11-19(18)25)31-24(32)30-16-7-5-3-4-6-8-16;/h9-13,16H,3-8H2,1-2H3,(H,27,28)(H2,30,31,32);1H. The number of anilines is 2. The van der Waals surface area contributed by atoms with Crippen LogP contribution in [0.15, 0.2) is 30.5 Å². The van der Waals surface area contributed by atoms with Crippen molar-refractivity contribution in [1.82, 2.24) is 15.3 Å². The predicted octanol–water partition coefficient (Wildman–Crippen LogP) is 6.19. The minimum absolute atomic E-state index is 0. The maximum Gasteiger partial charge on any atom is 0.319 e. The van der Waals surface area contributed by atoms with E-state index in [4.69, 9.17) is 0 Å². The van der Waals surface area contributed by atoms with Gasteiger partial charge in [-0.15, -0.1) is 12.4 Å². The van der Waals surface area contributed by atoms with E-state index in [1.165, 1.54) is 18.9 Å². The molecular weight excluding hydrogens is 448 g/mol. The van der Waals surface area contributed by atoms with Gasteiger partial charge < -0.3 is 16.0 Å². The summed E-state index contributed by atoms with van der Waals surface area (Å²) in [6.45, 7) is 1.77. The smallest absolute Gasteiger partial charge is 0.319 e. The van der Waals surface area contributed by atoms with Crippen LogP contribution in [0.2, 0.25) is 0 Å². The molecule has 1 aromatic carbocycles. The quantitative estimate of drug-likeness (QED) is 0.393. The van der Waals surface area contributed by atoms with Gasteiger partial charge in [0.25, 0.3) is 0 Å². The molecule has 0 bridgehead atoms. The van der Waals surface area contributed by atoms with Gasteiger partial charge in [-0.2, -0.15) is 0 Å². The third-order valence-corrected chi connectivity index (χ3v) is 5.93. The highest BCUT2D eigenvalue weighted by Crippen LogP contribution is 2.32. The molecule has 2 amide bonds. The Hall–Kier alpha value is -3.00. The molecule has 6 nitrogen and oxygen atoms in total. The summed E-state index contributed by atoms with van der Waals surface area (Å²) in [6, 6.07) is 5.28. The summed E-state index contributed by atoms with van der Waals surface area (Å²) in [4.78, 5) is 21.3. The van der Waals surface area contributed by atoms with Gasteiger partial charge in [-0.05, 0) is 31.9 Å². The lowest BCUT2D eigenvalue weighted by molar-refractivity contribution is 0.247. The highest BCUT2D eigenvalue weighted by Gasteiger charge is 2.19. The van der Waals surface area contributed by atoms with Crippen LogP contribution >= 0.6 is 12.4 Å². The van der Waals surface area contributed by atoms with Crippen molar-refractivity contribution in [1.29, 1.82) is 0 Å². The molecule has 3 aromatic rings. The van der Waals surface area contributed by atoms with Crippen LogP contribution in [0.25, 0.3) is 22.0 Å². The summed E-state index contributed by atoms with van der Waals surface area (Å²) in [7, 11) is 1.77. The molecule has 176 valence electrons. The molecule has 2 aromatic heterocycles. The summed E-state index contributed by atoms with van der Waals surface area (Å²) >= 11 is 0. The van der Waals surface area contributed by atoms with Crippen molar-refractivity contribution >= 4 is 40.8 Å². The van der Waals surface area contributed by atoms with E-state index in [-0.39, 0.29) is 29.7 Å². The Balaban J connectivity index is 0.00000306. The van der Waals surface area contributed by atoms with Crippen LogP contribution in [-0.4, -0.2) is 29.1 Å². The minimum Gasteiger partial charge on any atom is -0.373 e. The number of nitrogens with one attached hydrogen (secondary N) is 3. The van der Waals surface area contributed by atoms with E-state index >= 15 is 0 Å². The van der Waals surface area contributed by atoms with Crippen LogP contribution in [0.1, 0.15) is 44.2 Å². The fourth-order valence-corrected chi connectivity index (χ4v) is 4.19. The van der Waals surface area contributed by atoms with Crippen molar-refractivity contribution in [2.24, 2.45) is 0 Å². The Bertz CT molecular complexity index is 1150. The molecule has 0 saturated heterocycles. The van der Waals surface area contributed by atoms with E-state index < -0.39 is 17.7 Å². The number of fused-ring (bicyclic) bond motifs is 1. The molecule has 0 unspecified atom stereocenters. The Morgan fingerprint density at radius 1 is 1.00 bits per heavy atom. The first kappa shape index (κ1) is 24.6. The summed E-state index contributed by atoms with van der Waals surface area (Å²) in [6.07, 6.45) is 7.95. The molecular formula is C24H28ClF2N5O. The van der Waals surface area contributed by atoms with E-state index in [2.05, 4.69) is 25.9 Å². The fourth-order valence-electron chi connectivity index (χ4n) is 4.19. The highest BCUT2D eigenvalue weighted by atomic mass is 35.5. The number of carbonyl (C=O) groups is 1. The molecule has 1 fully saturated rings. The van der Waals surface area contributed by atoms with E-state index in [9.17, 15) is 13.6 Å². The molecule has 9 heteroatoms. The number of nitrogens with zero attached hydrogens (tertiary/aromatic N) is 2. The van der Waals surface area contributed by atoms with E-state index in [1.807, 2.05) is 0 Å². The van der Waals surface area contributed by atoms with E-state index in [0.29, 0.717) is 22.6 Å². The van der Waals surface area contributed by atoms with Gasteiger partial charge in [-0.1, -0.05) is 25.7 Å². The number of aryl methyl sites for hydroxylation is 1. The highest BCUT2D eigenvalue weighted by molar-refractivity contribution is 5.91. The molecule has 1 aliphatic carbocycles. The van der Waals surface area contributed by atoms with Crippen molar-refractivity contribution in [3.05, 3.63) is 47.8 Å². The van der Waals surface area contributed by atoms with Gasteiger partial charge in [0.15, 0.2) is 0 Å². The number of rotatable bonds is 4. The van der Waals surface area contributed by atoms with Gasteiger partial charge in [0.1, 0.15) is 17.5 Å². The molecule has 33 heavy (non-hydrogen) atoms. The molecule has 4 rings (SSSR count). The van der Waals surface area contributed by atoms with Crippen molar-refractivity contribution in [2.75, 3.05) is 17.7 Å². The second-order valence-corrected chi connectivity index (χ2v) is 8.23. The second-order valence-electron chi connectivity index (χ2n) is 8.23. The van der Waals surface area contributed by atoms with Crippen molar-refractivity contribution in [2.45, 2.75) is 51.5 Å². The fraction of sp³-hybridized carbons (Fsp3) is 0.375. The van der Waals surface area contributed by atoms with Gasteiger partial charge in [0.2, 0.25) is 0 Å². The molecule has 2 heterocycles. The first-order chi connectivity index (χ1) is 15.4. The van der Waals surface area contributed by atoms with Gasteiger partial charge in [-0.25, -0.2) is 18.6 Å². The monoisotopic (exact) mass is 475 g/mol. The summed E-state index contributed by atoms with van der Waals surface area (Å²) in [5.41, 5.74) is 1.91. The van der Waals surface area contributed by atoms with Crippen LogP contribution in [0, 0.1) is 18.6 Å². The molecule has 0 radical (unpaired) electrons. The third-order valence-electron chi connectivity index (χ3n) is 5.93. The first-order valence-corrected chi connectivity index (χ1v) is 11.0. The molecule has 3 N–H and O–H groups in total. The van der Waals surface area contributed by atoms with Crippen molar-refractivity contribution < 1.29 is 13.6 Å². The van der Waals surface area contributed by atoms with Gasteiger partial charge in [0, 0.05) is 53.6 Å². The zero-order valence-corrected chi connectivity index (χ0v) is 19.5. The topological polar surface area (TPSA) is 78.9 Å². The summed E-state index contributed by atoms with van der Waals surface area (Å²) in [5, 5.41) is 9.16. The lowest BCUT2D eigenvalue weighted by Crippen LogP contribution is -2.37. The Morgan fingerprint density at radius 2 is 1.73 bits per heavy atom. The predicted molar refractivity (Wildman–Crippen MR) is 130 cm³/mol. The van der Waals surface area contributed by atoms with E-state index in [0.717, 1.165) is 37.1 Å². The molecule has 0 atom stereocenters. The van der Waals surface area contributed by atoms with Gasteiger partial charge >= 0.3 is 6.03 Å². The summed E-state index contributed by atoms with van der Waals surface area (Å²) < 4.78 is 29.2. The zero-order chi connectivity index (χ0) is 22.7. The number of halogens is 3. The maximum absolute atomic E-state index is 14.7. The molecule has 0 aliphatic heterocycles. The zero-order valence-electron chi connectivity index (χ0n) is 18.7. The Labute approximate surface area is 198 Å². The number of hydrogen-bond donors (Lipinski definition) is 3. The third kappa shape index (κ3) is 5.68. The summed E-state index contributed by atoms with van der Waals surface area (Å²) in [5.74, 6) is -0.869. The number of pyridine rings is 2. The lowest BCUT2D eigenvalue weighted by atomic mass is 10.0. The van der Waals surface area contributed by atoms with E-state index in [1.54, 1.807) is 32.3 Å². The number of hydrogen-bond acceptors (Lipinski definition) is 4. The molecule has 1 aliphatic rings. The number of benzene rings is 1. The van der Waals surface area contributed by atoms with Crippen LogP contribution in [-0.2, 0) is 0 Å². The first-order valence-electron chi connectivity index (χ1n) is 11.0. The largest absolute Gasteiger partial charge is 0.373 e. The van der Waals surface area contributed by atoms with Crippen LogP contribution in [0.4, 0.5) is 25.1 Å². The van der Waals surface area contributed by atoms with Gasteiger partial charge in [0.05, 0.1) is 11.2 Å². The van der Waals surface area contributed by atoms with Crippen LogP contribution < -0.4 is 16.0 Å². The Morgan fingerprint density at radius 3 is 2.42 bits per heavy atom. The molecule has 1 saturated carbocycles. The SMILES string of the molecule is CNc1cc2nc(C)c(-c3cc(NC(=O)NC4CCCCCC4)c(F)cc3F)cc2cn1.Cl. The average Bonchev–Trinajstić information content (AvgIpc) is 3.03. The normalized spacial score (nSPS) is 14.3. The molecule has 0 spiro atoms. The number of carbonyl (C=O) groups excluding carboxylic acids is 1. The average molecular weight is 476 g/mol. The maximum atomic E-state index is 14.7. The minimum atomic E-state index is -0.825. The van der Waals surface area contributed by atoms with Crippen LogP contribution in [0.3, 0.4) is 0 Å². The van der Waals surface area contributed by atoms with Gasteiger partial charge in [-0.3, -0.25) is 4.98 Å². The Kier molecular flexibility index (Phi) is 8.02. The van der Waals surface area contributed by atoms with Crippen LogP contribution in [0.5, 0.6) is 0 Å². The second kappa shape index (κ2) is 10.7.